The van der Waals surface area contributed by atoms with Gasteiger partial charge in [0.2, 0.25) is 35.7 Å². The first-order valence-electron chi connectivity index (χ1n) is 60.4. The molecule has 4 N–H and O–H groups in total. The predicted molar refractivity (Wildman–Crippen MR) is 587 cm³/mol. The molecular formula is C118H216N18O6. The molecule has 6 saturated heterocycles. The maximum atomic E-state index is 7.28. The van der Waals surface area contributed by atoms with E-state index < -0.39 is 0 Å². The van der Waals surface area contributed by atoms with Crippen LogP contribution in [0, 0.1) is 47.3 Å². The fraction of sp³-hybridized carbons (Fsp3) is 0.949. The summed E-state index contributed by atoms with van der Waals surface area (Å²) in [6.45, 7) is 63.2. The first kappa shape index (κ1) is 114. The second-order valence-electron chi connectivity index (χ2n) is 54.5. The highest BCUT2D eigenvalue weighted by atomic mass is 16.7. The Morgan fingerprint density at radius 2 is 0.486 bits per heavy atom. The van der Waals surface area contributed by atoms with E-state index in [1.807, 2.05) is 0 Å². The Hall–Kier alpha value is -3.66. The van der Waals surface area contributed by atoms with E-state index in [9.17, 15) is 0 Å². The van der Waals surface area contributed by atoms with Crippen molar-refractivity contribution in [3.05, 3.63) is 0 Å². The molecule has 12 fully saturated rings. The van der Waals surface area contributed by atoms with Crippen LogP contribution in [-0.4, -0.2) is 217 Å². The minimum absolute atomic E-state index is 0.00646. The standard InChI is InChI=1S/C118H216N18O6/c1-85-51-33-37-63-101(85)139-131-89(5)73-93(77-111(131,9)10)55-41-45-67-119-105-123-106(120-68-46-42-56-94-74-90(6)132(112(11,12)78-94)140-102-64-38-34-52-86(102)2)126-109(125-105)129(97-81-115(17,18)135(116(19,20)82-97)137-99-59-29-27-30-60-99)71-49-25-26-50-72-130(98-83-117(21,22)136(118(23,24)84-98)138-100-61-31-28-32-62-100)110-127-107(121-69-47-43-57-95-75-91(7)133(113(13,14)79-95)141-103-65-39-35-53-87(103)3)124-108(128-110)122-70-48-44-58-96-76-92(8)134(114(15,16)80-96)142-104-66-40-36-54-88(104)4/h85-104H,25-84H2,1-24H3,(H2,119,120,123,125,126)(H2,121,122,124,127,128). The number of unbranched alkanes of at least 4 members (excludes halogenated alkanes) is 7. The average molecular weight is 1980 g/mol. The van der Waals surface area contributed by atoms with Crippen molar-refractivity contribution in [1.29, 1.82) is 0 Å². The zero-order valence-electron chi connectivity index (χ0n) is 95.7. The van der Waals surface area contributed by atoms with Crippen LogP contribution in [0.3, 0.4) is 0 Å². The fourth-order valence-electron chi connectivity index (χ4n) is 30.6. The summed E-state index contributed by atoms with van der Waals surface area (Å²) >= 11 is 0. The van der Waals surface area contributed by atoms with Crippen molar-refractivity contribution in [2.24, 2.45) is 47.3 Å². The van der Waals surface area contributed by atoms with Crippen molar-refractivity contribution in [2.45, 2.75) is 630 Å². The van der Waals surface area contributed by atoms with Crippen molar-refractivity contribution in [3.8, 4) is 0 Å². The van der Waals surface area contributed by atoms with E-state index in [0.29, 0.717) is 120 Å². The first-order chi connectivity index (χ1) is 67.6. The van der Waals surface area contributed by atoms with E-state index in [4.69, 9.17) is 58.9 Å². The lowest BCUT2D eigenvalue weighted by molar-refractivity contribution is -0.310. The smallest absolute Gasteiger partial charge is 0.232 e. The van der Waals surface area contributed by atoms with Gasteiger partial charge < -0.3 is 31.1 Å². The highest BCUT2D eigenvalue weighted by Crippen LogP contribution is 2.50. The van der Waals surface area contributed by atoms with E-state index >= 15 is 0 Å². The fourth-order valence-corrected chi connectivity index (χ4v) is 30.6. The molecule has 6 aliphatic carbocycles. The quantitative estimate of drug-likeness (QED) is 0.0455. The average Bonchev–Trinajstić information content (AvgIpc) is 0.752. The molecule has 6 aliphatic heterocycles. The van der Waals surface area contributed by atoms with Crippen molar-refractivity contribution in [3.63, 3.8) is 0 Å². The van der Waals surface area contributed by atoms with E-state index in [0.717, 1.165) is 205 Å². The van der Waals surface area contributed by atoms with Gasteiger partial charge >= 0.3 is 0 Å². The third-order valence-electron chi connectivity index (χ3n) is 37.2. The summed E-state index contributed by atoms with van der Waals surface area (Å²) in [6, 6.07) is 1.87. The number of aromatic nitrogens is 6. The first-order valence-corrected chi connectivity index (χ1v) is 60.4. The van der Waals surface area contributed by atoms with Gasteiger partial charge in [-0.1, -0.05) is 182 Å². The molecule has 142 heavy (non-hydrogen) atoms. The Morgan fingerprint density at radius 1 is 0.254 bits per heavy atom. The second kappa shape index (κ2) is 51.6. The molecule has 0 amide bonds. The summed E-state index contributed by atoms with van der Waals surface area (Å²) in [5.74, 6) is 9.40. The van der Waals surface area contributed by atoms with Crippen molar-refractivity contribution < 1.29 is 29.0 Å². The maximum absolute atomic E-state index is 7.28. The molecule has 2 aromatic heterocycles. The SMILES string of the molecule is CC1CCCCC1ON1C(C)CC(CCCCNc2nc(NCCCCC3CC(C)N(OC4CCCCC4C)C(C)(C)C3)nc(N(CCCCCCN(c3nc(NCCCCC4CC(C)N(OC5CCCCC5C)C(C)(C)C4)nc(NCCCCC4CC(C)N(OC5CCCCC5C)C(C)(C)C4)n3)C3CC(C)(C)N(OC4CCCCC4)C(C)(C)C3)C3CC(C)(C)N(OC4CCCCC4)C(C)(C)C3)n2)CC1(C)C. The number of hydrogen-bond acceptors (Lipinski definition) is 24. The molecule has 6 saturated carbocycles. The topological polar surface area (TPSA) is 207 Å². The monoisotopic (exact) mass is 1980 g/mol. The number of piperidine rings is 6. The highest BCUT2D eigenvalue weighted by molar-refractivity contribution is 5.47. The van der Waals surface area contributed by atoms with Crippen LogP contribution in [-0.2, 0) is 29.0 Å². The van der Waals surface area contributed by atoms with Crippen LogP contribution in [0.4, 0.5) is 35.7 Å². The third-order valence-corrected chi connectivity index (χ3v) is 37.2. The minimum Gasteiger partial charge on any atom is -0.354 e. The molecule has 16 unspecified atom stereocenters. The molecule has 8 heterocycles. The van der Waals surface area contributed by atoms with Gasteiger partial charge in [0.05, 0.1) is 36.6 Å². The molecule has 814 valence electrons. The molecule has 0 bridgehead atoms. The van der Waals surface area contributed by atoms with E-state index in [1.165, 1.54) is 193 Å². The van der Waals surface area contributed by atoms with Crippen molar-refractivity contribution in [1.82, 2.24) is 60.3 Å². The molecular weight excluding hydrogens is 1770 g/mol. The normalized spacial score (nSPS) is 32.3. The zero-order valence-corrected chi connectivity index (χ0v) is 95.7. The van der Waals surface area contributed by atoms with E-state index in [-0.39, 0.29) is 68.6 Å². The predicted octanol–water partition coefficient (Wildman–Crippen LogP) is 28.4. The van der Waals surface area contributed by atoms with Crippen LogP contribution in [0.5, 0.6) is 0 Å². The molecule has 0 aromatic carbocycles. The Morgan fingerprint density at radius 3 is 0.718 bits per heavy atom. The van der Waals surface area contributed by atoms with Crippen LogP contribution in [0.2, 0.25) is 0 Å². The highest BCUT2D eigenvalue weighted by Gasteiger charge is 2.54. The van der Waals surface area contributed by atoms with Gasteiger partial charge in [0, 0.05) is 120 Å². The maximum Gasteiger partial charge on any atom is 0.232 e. The van der Waals surface area contributed by atoms with Crippen LogP contribution < -0.4 is 31.1 Å². The summed E-state index contributed by atoms with van der Waals surface area (Å²) in [5, 5.41) is 30.1. The van der Waals surface area contributed by atoms with Gasteiger partial charge in [-0.15, -0.1) is 0 Å². The number of anilines is 6. The van der Waals surface area contributed by atoms with E-state index in [2.05, 4.69) is 228 Å². The molecule has 2 aromatic rings. The van der Waals surface area contributed by atoms with Gasteiger partial charge in [0.15, 0.2) is 0 Å². The lowest BCUT2D eigenvalue weighted by Gasteiger charge is -2.56. The number of nitrogens with one attached hydrogen (secondary N) is 4. The molecule has 14 rings (SSSR count). The minimum atomic E-state index is -0.258. The molecule has 24 heteroatoms. The lowest BCUT2D eigenvalue weighted by atomic mass is 9.78. The Bertz CT molecular complexity index is 3580. The number of hydrogen-bond donors (Lipinski definition) is 4. The zero-order chi connectivity index (χ0) is 101. The number of rotatable bonds is 47. The van der Waals surface area contributed by atoms with E-state index in [1.54, 1.807) is 0 Å². The number of hydroxylamine groups is 12. The largest absolute Gasteiger partial charge is 0.354 e. The Balaban J connectivity index is 0.698. The van der Waals surface area contributed by atoms with Gasteiger partial charge in [-0.2, -0.15) is 60.3 Å². The van der Waals surface area contributed by atoms with Gasteiger partial charge in [0.1, 0.15) is 0 Å². The summed E-state index contributed by atoms with van der Waals surface area (Å²) < 4.78 is 0. The lowest BCUT2D eigenvalue weighted by Crippen LogP contribution is -2.65. The molecule has 0 spiro atoms. The van der Waals surface area contributed by atoms with Crippen LogP contribution in [0.1, 0.15) is 513 Å². The summed E-state index contributed by atoms with van der Waals surface area (Å²) in [6.07, 6.45) is 65.1. The van der Waals surface area contributed by atoms with Gasteiger partial charge in [-0.05, 0) is 378 Å². The second-order valence-corrected chi connectivity index (χ2v) is 54.5. The summed E-state index contributed by atoms with van der Waals surface area (Å²) in [4.78, 5) is 81.0. The van der Waals surface area contributed by atoms with Crippen molar-refractivity contribution in [2.75, 3.05) is 70.3 Å². The summed E-state index contributed by atoms with van der Waals surface area (Å²) in [5.41, 5.74) is -1.06. The third kappa shape index (κ3) is 31.6. The van der Waals surface area contributed by atoms with Gasteiger partial charge in [0.25, 0.3) is 0 Å². The van der Waals surface area contributed by atoms with Crippen LogP contribution in [0.25, 0.3) is 0 Å². The van der Waals surface area contributed by atoms with Gasteiger partial charge in [-0.3, -0.25) is 29.0 Å². The summed E-state index contributed by atoms with van der Waals surface area (Å²) in [7, 11) is 0. The van der Waals surface area contributed by atoms with Crippen molar-refractivity contribution >= 4 is 35.7 Å². The Kier molecular flexibility index (Phi) is 41.4. The molecule has 0 radical (unpaired) electrons. The molecule has 12 aliphatic rings. The van der Waals surface area contributed by atoms with Crippen LogP contribution in [0.15, 0.2) is 0 Å². The molecule has 16 atom stereocenters. The molecule has 24 nitrogen and oxygen atoms in total. The number of nitrogens with zero attached hydrogens (tertiary/aromatic N) is 14. The van der Waals surface area contributed by atoms with Crippen LogP contribution >= 0.6 is 0 Å². The Labute approximate surface area is 867 Å². The van der Waals surface area contributed by atoms with Gasteiger partial charge in [-0.25, -0.2) is 0 Å².